The molecule has 138 valence electrons. The van der Waals surface area contributed by atoms with Crippen LogP contribution < -0.4 is 17.0 Å². The number of benzene rings is 1. The summed E-state index contributed by atoms with van der Waals surface area (Å²) in [5, 5.41) is 0. The van der Waals surface area contributed by atoms with Crippen LogP contribution in [0.5, 0.6) is 0 Å². The molecular weight excluding hydrogens is 378 g/mol. The number of hydrogen-bond acceptors (Lipinski definition) is 2. The molecule has 1 aromatic rings. The monoisotopic (exact) mass is 407 g/mol. The summed E-state index contributed by atoms with van der Waals surface area (Å²) in [4.78, 5) is 12.9. The Bertz CT molecular complexity index is 567. The largest absolute Gasteiger partial charge is 1.00 e. The zero-order chi connectivity index (χ0) is 16.8. The van der Waals surface area contributed by atoms with Crippen molar-refractivity contribution in [2.75, 3.05) is 33.3 Å². The quantitative estimate of drug-likeness (QED) is 0.398. The van der Waals surface area contributed by atoms with E-state index in [2.05, 4.69) is 31.3 Å². The van der Waals surface area contributed by atoms with Gasteiger partial charge in [0.25, 0.3) is 0 Å². The second kappa shape index (κ2) is 9.54. The molecule has 1 saturated heterocycles. The molecule has 0 amide bonds. The Kier molecular flexibility index (Phi) is 7.70. The molecule has 2 aliphatic rings. The smallest absolute Gasteiger partial charge is 0.314 e. The van der Waals surface area contributed by atoms with Crippen molar-refractivity contribution in [3.05, 3.63) is 48.0 Å². The highest BCUT2D eigenvalue weighted by atomic mass is 79.9. The molecule has 1 aliphatic carbocycles. The highest BCUT2D eigenvalue weighted by molar-refractivity contribution is 5.79. The number of nitrogens with zero attached hydrogens (tertiary/aromatic N) is 1. The van der Waals surface area contributed by atoms with E-state index in [4.69, 9.17) is 4.74 Å². The van der Waals surface area contributed by atoms with E-state index in [1.807, 2.05) is 18.2 Å². The first kappa shape index (κ1) is 20.2. The highest BCUT2D eigenvalue weighted by Gasteiger charge is 2.32. The average molecular weight is 408 g/mol. The zero-order valence-electron chi connectivity index (χ0n) is 15.2. The van der Waals surface area contributed by atoms with Crippen molar-refractivity contribution in [1.82, 2.24) is 0 Å². The number of esters is 1. The van der Waals surface area contributed by atoms with E-state index in [-0.39, 0.29) is 34.8 Å². The summed E-state index contributed by atoms with van der Waals surface area (Å²) in [5.41, 5.74) is 1.08. The van der Waals surface area contributed by atoms with Crippen LogP contribution in [0.1, 0.15) is 43.6 Å². The van der Waals surface area contributed by atoms with Crippen LogP contribution in [-0.2, 0) is 9.53 Å². The lowest BCUT2D eigenvalue weighted by Crippen LogP contribution is -3.00. The van der Waals surface area contributed by atoms with Gasteiger partial charge in [0.05, 0.1) is 26.1 Å². The molecule has 0 spiro atoms. The molecule has 0 aromatic heterocycles. The maximum absolute atomic E-state index is 12.9. The standard InChI is InChI=1S/C21H30NO2.BrH/c1-22(14-8-9-15-22)16-17-24-21(23)20(18-10-4-2-5-11-18)19-12-6-3-7-13-19;/h2,4-6,10-12,19-20H,3,7-9,13-17H2,1H3;1H/q+1;/p-1. The number of carbonyl (C=O) groups excluding carboxylic acids is 1. The maximum Gasteiger partial charge on any atom is 0.314 e. The molecular formula is C21H30BrNO2. The topological polar surface area (TPSA) is 26.3 Å². The number of hydrogen-bond donors (Lipinski definition) is 0. The van der Waals surface area contributed by atoms with Crippen molar-refractivity contribution in [2.24, 2.45) is 5.92 Å². The van der Waals surface area contributed by atoms with E-state index >= 15 is 0 Å². The van der Waals surface area contributed by atoms with Gasteiger partial charge in [-0.1, -0.05) is 42.5 Å². The molecule has 25 heavy (non-hydrogen) atoms. The van der Waals surface area contributed by atoms with Crippen molar-refractivity contribution in [1.29, 1.82) is 0 Å². The minimum Gasteiger partial charge on any atom is -1.00 e. The number of quaternary nitrogens is 1. The molecule has 2 unspecified atom stereocenters. The van der Waals surface area contributed by atoms with Crippen LogP contribution in [0.4, 0.5) is 0 Å². The van der Waals surface area contributed by atoms with Gasteiger partial charge in [-0.15, -0.1) is 0 Å². The van der Waals surface area contributed by atoms with E-state index in [1.54, 1.807) is 0 Å². The Morgan fingerprint density at radius 2 is 1.92 bits per heavy atom. The number of likely N-dealkylation sites (N-methyl/N-ethyl adjacent to an activating group) is 1. The summed E-state index contributed by atoms with van der Waals surface area (Å²) in [6, 6.07) is 10.1. The third-order valence-corrected chi connectivity index (χ3v) is 5.65. The lowest BCUT2D eigenvalue weighted by Gasteiger charge is -2.30. The fourth-order valence-electron chi connectivity index (χ4n) is 4.11. The molecule has 0 saturated carbocycles. The van der Waals surface area contributed by atoms with Crippen LogP contribution in [0.15, 0.2) is 42.5 Å². The fourth-order valence-corrected chi connectivity index (χ4v) is 4.11. The van der Waals surface area contributed by atoms with Crippen LogP contribution in [0.25, 0.3) is 0 Å². The van der Waals surface area contributed by atoms with Crippen molar-refractivity contribution < 1.29 is 31.0 Å². The molecule has 0 N–H and O–H groups in total. The first-order valence-corrected chi connectivity index (χ1v) is 9.40. The summed E-state index contributed by atoms with van der Waals surface area (Å²) in [7, 11) is 2.28. The molecule has 3 rings (SSSR count). The highest BCUT2D eigenvalue weighted by Crippen LogP contribution is 2.33. The van der Waals surface area contributed by atoms with Crippen LogP contribution in [-0.4, -0.2) is 43.7 Å². The van der Waals surface area contributed by atoms with Gasteiger partial charge in [0, 0.05) is 12.8 Å². The van der Waals surface area contributed by atoms with Gasteiger partial charge in [-0.05, 0) is 30.7 Å². The van der Waals surface area contributed by atoms with E-state index in [9.17, 15) is 4.79 Å². The second-order valence-corrected chi connectivity index (χ2v) is 7.58. The van der Waals surface area contributed by atoms with Crippen molar-refractivity contribution >= 4 is 5.97 Å². The first-order chi connectivity index (χ1) is 11.7. The molecule has 1 aliphatic heterocycles. The van der Waals surface area contributed by atoms with Gasteiger partial charge in [0.1, 0.15) is 13.2 Å². The third kappa shape index (κ3) is 5.42. The molecule has 3 nitrogen and oxygen atoms in total. The van der Waals surface area contributed by atoms with E-state index < -0.39 is 0 Å². The van der Waals surface area contributed by atoms with Crippen molar-refractivity contribution in [3.8, 4) is 0 Å². The summed E-state index contributed by atoms with van der Waals surface area (Å²) in [5.74, 6) is 0.0559. The Morgan fingerprint density at radius 3 is 2.56 bits per heavy atom. The molecule has 1 aromatic carbocycles. The lowest BCUT2D eigenvalue weighted by molar-refractivity contribution is -0.897. The van der Waals surface area contributed by atoms with Crippen LogP contribution >= 0.6 is 0 Å². The van der Waals surface area contributed by atoms with Gasteiger partial charge in [0.15, 0.2) is 0 Å². The van der Waals surface area contributed by atoms with Crippen LogP contribution in [0.3, 0.4) is 0 Å². The number of allylic oxidation sites excluding steroid dienone is 2. The van der Waals surface area contributed by atoms with Gasteiger partial charge >= 0.3 is 5.97 Å². The number of halogens is 1. The zero-order valence-corrected chi connectivity index (χ0v) is 16.8. The predicted molar refractivity (Wildman–Crippen MR) is 96.6 cm³/mol. The number of likely N-dealkylation sites (tertiary alicyclic amines) is 1. The number of rotatable bonds is 6. The first-order valence-electron chi connectivity index (χ1n) is 9.40. The Labute approximate surface area is 162 Å². The molecule has 4 heteroatoms. The molecule has 2 atom stereocenters. The van der Waals surface area contributed by atoms with Gasteiger partial charge < -0.3 is 26.2 Å². The Balaban J connectivity index is 0.00000225. The maximum atomic E-state index is 12.9. The lowest BCUT2D eigenvalue weighted by atomic mass is 9.80. The summed E-state index contributed by atoms with van der Waals surface area (Å²) < 4.78 is 6.80. The SMILES string of the molecule is C[N+]1(CCOC(=O)C(c2ccccc2)C2C=CCCC2)CCCC1.[Br-]. The van der Waals surface area contributed by atoms with Crippen molar-refractivity contribution in [3.63, 3.8) is 0 Å². The average Bonchev–Trinajstić information content (AvgIpc) is 3.04. The van der Waals surface area contributed by atoms with Crippen molar-refractivity contribution in [2.45, 2.75) is 38.0 Å². The van der Waals surface area contributed by atoms with Crippen LogP contribution in [0.2, 0.25) is 0 Å². The van der Waals surface area contributed by atoms with Gasteiger partial charge in [-0.25, -0.2) is 0 Å². The van der Waals surface area contributed by atoms with E-state index in [0.29, 0.717) is 6.61 Å². The molecule has 0 bridgehead atoms. The number of ether oxygens (including phenoxy) is 1. The molecule has 1 fully saturated rings. The van der Waals surface area contributed by atoms with Crippen LogP contribution in [0, 0.1) is 5.92 Å². The summed E-state index contributed by atoms with van der Waals surface area (Å²) in [6.45, 7) is 3.90. The minimum absolute atomic E-state index is 0. The second-order valence-electron chi connectivity index (χ2n) is 7.58. The number of carbonyl (C=O) groups is 1. The summed E-state index contributed by atoms with van der Waals surface area (Å²) in [6.07, 6.45) is 10.4. The Morgan fingerprint density at radius 1 is 1.20 bits per heavy atom. The normalized spacial score (nSPS) is 22.8. The Hall–Kier alpha value is -1.13. The third-order valence-electron chi connectivity index (χ3n) is 5.65. The van der Waals surface area contributed by atoms with Gasteiger partial charge in [-0.3, -0.25) is 4.79 Å². The van der Waals surface area contributed by atoms with E-state index in [1.165, 1.54) is 25.9 Å². The van der Waals surface area contributed by atoms with Gasteiger partial charge in [-0.2, -0.15) is 0 Å². The molecule has 0 radical (unpaired) electrons. The van der Waals surface area contributed by atoms with E-state index in [0.717, 1.165) is 35.9 Å². The molecule has 1 heterocycles. The van der Waals surface area contributed by atoms with Gasteiger partial charge in [0.2, 0.25) is 0 Å². The summed E-state index contributed by atoms with van der Waals surface area (Å²) >= 11 is 0. The predicted octanol–water partition coefficient (Wildman–Crippen LogP) is 0.914. The minimum atomic E-state index is -0.161. The fraction of sp³-hybridized carbons (Fsp3) is 0.571.